The van der Waals surface area contributed by atoms with Crippen LogP contribution in [0.5, 0.6) is 0 Å². The minimum absolute atomic E-state index is 0.0345. The molecule has 1 atom stereocenters. The van der Waals surface area contributed by atoms with Gasteiger partial charge in [-0.05, 0) is 70.4 Å². The van der Waals surface area contributed by atoms with Gasteiger partial charge in [0.2, 0.25) is 0 Å². The van der Waals surface area contributed by atoms with E-state index in [4.69, 9.17) is 5.41 Å². The lowest BCUT2D eigenvalue weighted by Crippen LogP contribution is -2.41. The lowest BCUT2D eigenvalue weighted by molar-refractivity contribution is 0.0711. The van der Waals surface area contributed by atoms with E-state index in [1.165, 1.54) is 0 Å². The van der Waals surface area contributed by atoms with Gasteiger partial charge in [-0.3, -0.25) is 4.79 Å². The van der Waals surface area contributed by atoms with E-state index in [-0.39, 0.29) is 11.9 Å². The molecule has 0 fully saturated rings. The van der Waals surface area contributed by atoms with Crippen LogP contribution in [0.25, 0.3) is 10.9 Å². The average molecular weight is 404 g/mol. The highest BCUT2D eigenvalue weighted by atomic mass is 16.2. The average Bonchev–Trinajstić information content (AvgIpc) is 3.18. The molecule has 0 radical (unpaired) electrons. The van der Waals surface area contributed by atoms with Gasteiger partial charge in [0.1, 0.15) is 5.69 Å². The Bertz CT molecular complexity index is 1040. The third-order valence-electron chi connectivity index (χ3n) is 5.68. The van der Waals surface area contributed by atoms with Gasteiger partial charge < -0.3 is 15.3 Å². The standard InChI is InChI=1S/C26H33N3O/c1-8-17(4)11-14-25(19(6)18(5)9-2)29(10-3)26(30)24-16-22-15-21(20(7)27)12-13-23(22)28-24/h8-9,11-13,15-16,25,27-28H,1-2,10,14H2,3-7H3/b17-11+,19-18+,27-20?. The molecule has 0 aliphatic carbocycles. The highest BCUT2D eigenvalue weighted by Crippen LogP contribution is 2.24. The number of aromatic amines is 1. The number of hydrogen-bond acceptors (Lipinski definition) is 2. The Kier molecular flexibility index (Phi) is 7.76. The van der Waals surface area contributed by atoms with Crippen molar-refractivity contribution >= 4 is 22.5 Å². The summed E-state index contributed by atoms with van der Waals surface area (Å²) in [6, 6.07) is 7.59. The number of likely N-dealkylation sites (N-methyl/N-ethyl adjacent to an activating group) is 1. The third-order valence-corrected chi connectivity index (χ3v) is 5.68. The molecular formula is C26H33N3O. The van der Waals surface area contributed by atoms with Crippen LogP contribution in [0.4, 0.5) is 0 Å². The lowest BCUT2D eigenvalue weighted by Gasteiger charge is -2.32. The van der Waals surface area contributed by atoms with Crippen molar-refractivity contribution in [3.05, 3.63) is 83.6 Å². The van der Waals surface area contributed by atoms with E-state index in [1.807, 2.05) is 62.1 Å². The number of aromatic nitrogens is 1. The quantitative estimate of drug-likeness (QED) is 0.368. The first kappa shape index (κ1) is 23.1. The number of rotatable bonds is 9. The summed E-state index contributed by atoms with van der Waals surface area (Å²) in [6.07, 6.45) is 6.51. The van der Waals surface area contributed by atoms with Gasteiger partial charge in [-0.2, -0.15) is 0 Å². The van der Waals surface area contributed by atoms with Crippen molar-refractivity contribution in [3.8, 4) is 0 Å². The second-order valence-electron chi connectivity index (χ2n) is 7.68. The van der Waals surface area contributed by atoms with Crippen LogP contribution in [0.15, 0.2) is 72.4 Å². The van der Waals surface area contributed by atoms with Gasteiger partial charge >= 0.3 is 0 Å². The molecule has 4 heteroatoms. The molecule has 0 saturated carbocycles. The lowest BCUT2D eigenvalue weighted by atomic mass is 9.97. The molecule has 0 saturated heterocycles. The maximum Gasteiger partial charge on any atom is 0.270 e. The molecule has 158 valence electrons. The SMILES string of the molecule is C=C/C(C)=C/CC(/C(C)=C(\C)C=C)N(CC)C(=O)c1cc2cc(C(C)=N)ccc2[nH]1. The number of carbonyl (C=O) groups is 1. The van der Waals surface area contributed by atoms with Crippen molar-refractivity contribution in [3.63, 3.8) is 0 Å². The smallest absolute Gasteiger partial charge is 0.270 e. The zero-order chi connectivity index (χ0) is 22.4. The topological polar surface area (TPSA) is 60.0 Å². The van der Waals surface area contributed by atoms with Gasteiger partial charge in [0.25, 0.3) is 5.91 Å². The third kappa shape index (κ3) is 5.07. The highest BCUT2D eigenvalue weighted by molar-refractivity contribution is 6.02. The Morgan fingerprint density at radius 2 is 1.87 bits per heavy atom. The van der Waals surface area contributed by atoms with Crippen molar-refractivity contribution < 1.29 is 4.79 Å². The second-order valence-corrected chi connectivity index (χ2v) is 7.68. The molecule has 0 aliphatic rings. The number of hydrogen-bond donors (Lipinski definition) is 2. The van der Waals surface area contributed by atoms with Gasteiger partial charge in [0.15, 0.2) is 0 Å². The summed E-state index contributed by atoms with van der Waals surface area (Å²) in [7, 11) is 0. The van der Waals surface area contributed by atoms with Crippen LogP contribution >= 0.6 is 0 Å². The van der Waals surface area contributed by atoms with Crippen LogP contribution < -0.4 is 0 Å². The van der Waals surface area contributed by atoms with E-state index in [2.05, 4.69) is 31.1 Å². The van der Waals surface area contributed by atoms with Crippen molar-refractivity contribution in [1.29, 1.82) is 5.41 Å². The fourth-order valence-corrected chi connectivity index (χ4v) is 3.48. The van der Waals surface area contributed by atoms with Crippen LogP contribution in [0.3, 0.4) is 0 Å². The first-order valence-corrected chi connectivity index (χ1v) is 10.3. The molecule has 1 amide bonds. The first-order chi connectivity index (χ1) is 14.2. The molecule has 1 aromatic heterocycles. The molecule has 30 heavy (non-hydrogen) atoms. The van der Waals surface area contributed by atoms with Crippen molar-refractivity contribution in [2.45, 2.75) is 47.1 Å². The summed E-state index contributed by atoms with van der Waals surface area (Å²) < 4.78 is 0. The first-order valence-electron chi connectivity index (χ1n) is 10.3. The monoisotopic (exact) mass is 403 g/mol. The highest BCUT2D eigenvalue weighted by Gasteiger charge is 2.26. The number of carbonyl (C=O) groups excluding carboxylic acids is 1. The Labute approximate surface area is 180 Å². The number of amides is 1. The zero-order valence-electron chi connectivity index (χ0n) is 18.8. The molecule has 2 rings (SSSR count). The minimum atomic E-state index is -0.0683. The Morgan fingerprint density at radius 1 is 1.17 bits per heavy atom. The molecule has 2 aromatic rings. The zero-order valence-corrected chi connectivity index (χ0v) is 18.8. The van der Waals surface area contributed by atoms with Crippen molar-refractivity contribution in [2.24, 2.45) is 0 Å². The summed E-state index contributed by atoms with van der Waals surface area (Å²) in [5, 5.41) is 8.78. The van der Waals surface area contributed by atoms with Gasteiger partial charge in [-0.25, -0.2) is 0 Å². The number of allylic oxidation sites excluding steroid dienone is 4. The maximum absolute atomic E-state index is 13.5. The van der Waals surface area contributed by atoms with Gasteiger partial charge in [-0.15, -0.1) is 0 Å². The van der Waals surface area contributed by atoms with Crippen molar-refractivity contribution in [1.82, 2.24) is 9.88 Å². The molecule has 1 unspecified atom stereocenters. The van der Waals surface area contributed by atoms with E-state index >= 15 is 0 Å². The van der Waals surface area contributed by atoms with Crippen LogP contribution in [-0.4, -0.2) is 34.1 Å². The predicted octanol–water partition coefficient (Wildman–Crippen LogP) is 6.43. The van der Waals surface area contributed by atoms with Gasteiger partial charge in [-0.1, -0.05) is 48.6 Å². The molecule has 0 bridgehead atoms. The Balaban J connectivity index is 2.48. The van der Waals surface area contributed by atoms with Gasteiger partial charge in [0.05, 0.1) is 6.04 Å². The molecule has 1 aromatic carbocycles. The fraction of sp³-hybridized carbons (Fsp3) is 0.308. The Morgan fingerprint density at radius 3 is 2.43 bits per heavy atom. The summed E-state index contributed by atoms with van der Waals surface area (Å²) in [5.41, 5.74) is 6.12. The molecule has 2 N–H and O–H groups in total. The van der Waals surface area contributed by atoms with E-state index in [0.717, 1.165) is 33.2 Å². The molecule has 0 spiro atoms. The van der Waals surface area contributed by atoms with Crippen molar-refractivity contribution in [2.75, 3.05) is 6.54 Å². The number of benzene rings is 1. The fourth-order valence-electron chi connectivity index (χ4n) is 3.48. The maximum atomic E-state index is 13.5. The Hall–Kier alpha value is -3.14. The van der Waals surface area contributed by atoms with E-state index in [0.29, 0.717) is 24.4 Å². The summed E-state index contributed by atoms with van der Waals surface area (Å²) in [6.45, 7) is 18.2. The van der Waals surface area contributed by atoms with E-state index < -0.39 is 0 Å². The summed E-state index contributed by atoms with van der Waals surface area (Å²) >= 11 is 0. The molecule has 0 aliphatic heterocycles. The second kappa shape index (κ2) is 10.1. The summed E-state index contributed by atoms with van der Waals surface area (Å²) in [5.74, 6) is -0.0345. The largest absolute Gasteiger partial charge is 0.351 e. The molecule has 4 nitrogen and oxygen atoms in total. The molecular weight excluding hydrogens is 370 g/mol. The summed E-state index contributed by atoms with van der Waals surface area (Å²) in [4.78, 5) is 18.7. The van der Waals surface area contributed by atoms with Gasteiger partial charge in [0, 0.05) is 23.2 Å². The number of H-pyrrole nitrogens is 1. The number of fused-ring (bicyclic) bond motifs is 1. The number of nitrogens with one attached hydrogen (secondary N) is 2. The predicted molar refractivity (Wildman–Crippen MR) is 128 cm³/mol. The van der Waals surface area contributed by atoms with E-state index in [9.17, 15) is 4.79 Å². The molecule has 1 heterocycles. The van der Waals surface area contributed by atoms with E-state index in [1.54, 1.807) is 6.92 Å². The normalized spacial score (nSPS) is 13.6. The van der Waals surface area contributed by atoms with Crippen LogP contribution in [-0.2, 0) is 0 Å². The van der Waals surface area contributed by atoms with Crippen LogP contribution in [0, 0.1) is 5.41 Å². The van der Waals surface area contributed by atoms with Crippen LogP contribution in [0.1, 0.15) is 57.1 Å². The number of nitrogens with zero attached hydrogens (tertiary/aromatic N) is 1. The van der Waals surface area contributed by atoms with Crippen LogP contribution in [0.2, 0.25) is 0 Å². The minimum Gasteiger partial charge on any atom is -0.351 e.